The molecule has 0 unspecified atom stereocenters. The van der Waals surface area contributed by atoms with E-state index in [1.807, 2.05) is 34.5 Å². The molecule has 0 radical (unpaired) electrons. The SMILES string of the molecule is COCCN(Cc1ccsc1)C(=O)c1cc2ccccc2s1. The van der Waals surface area contributed by atoms with E-state index in [9.17, 15) is 4.79 Å². The maximum atomic E-state index is 12.8. The van der Waals surface area contributed by atoms with Gasteiger partial charge in [-0.25, -0.2) is 0 Å². The van der Waals surface area contributed by atoms with Crippen LogP contribution in [0, 0.1) is 0 Å². The maximum Gasteiger partial charge on any atom is 0.264 e. The lowest BCUT2D eigenvalue weighted by atomic mass is 10.2. The molecule has 3 rings (SSSR count). The van der Waals surface area contributed by atoms with Crippen LogP contribution in [0.1, 0.15) is 15.2 Å². The van der Waals surface area contributed by atoms with Gasteiger partial charge in [0.15, 0.2) is 0 Å². The fourth-order valence-corrected chi connectivity index (χ4v) is 3.99. The van der Waals surface area contributed by atoms with Crippen LogP contribution in [-0.4, -0.2) is 31.1 Å². The summed E-state index contributed by atoms with van der Waals surface area (Å²) in [5.74, 6) is 0.0736. The molecule has 0 saturated carbocycles. The number of ether oxygens (including phenoxy) is 1. The Morgan fingerprint density at radius 2 is 2.14 bits per heavy atom. The van der Waals surface area contributed by atoms with E-state index in [1.54, 1.807) is 29.8 Å². The van der Waals surface area contributed by atoms with Crippen molar-refractivity contribution in [3.63, 3.8) is 0 Å². The molecule has 3 aromatic rings. The molecule has 114 valence electrons. The molecule has 0 aliphatic heterocycles. The molecule has 1 amide bonds. The van der Waals surface area contributed by atoms with Crippen LogP contribution in [-0.2, 0) is 11.3 Å². The number of hydrogen-bond acceptors (Lipinski definition) is 4. The van der Waals surface area contributed by atoms with Gasteiger partial charge in [0.2, 0.25) is 0 Å². The maximum absolute atomic E-state index is 12.8. The van der Waals surface area contributed by atoms with Crippen LogP contribution >= 0.6 is 22.7 Å². The second-order valence-electron chi connectivity index (χ2n) is 5.00. The Morgan fingerprint density at radius 1 is 1.27 bits per heavy atom. The van der Waals surface area contributed by atoms with E-state index in [-0.39, 0.29) is 5.91 Å². The van der Waals surface area contributed by atoms with E-state index in [0.717, 1.165) is 20.5 Å². The summed E-state index contributed by atoms with van der Waals surface area (Å²) in [6.07, 6.45) is 0. The quantitative estimate of drug-likeness (QED) is 0.676. The van der Waals surface area contributed by atoms with Crippen LogP contribution in [0.15, 0.2) is 47.2 Å². The number of hydrogen-bond donors (Lipinski definition) is 0. The minimum Gasteiger partial charge on any atom is -0.383 e. The molecule has 0 spiro atoms. The van der Waals surface area contributed by atoms with Crippen LogP contribution in [0.4, 0.5) is 0 Å². The lowest BCUT2D eigenvalue weighted by molar-refractivity contribution is 0.0685. The van der Waals surface area contributed by atoms with Crippen molar-refractivity contribution in [1.29, 1.82) is 0 Å². The minimum absolute atomic E-state index is 0.0736. The number of fused-ring (bicyclic) bond motifs is 1. The molecular formula is C17H17NO2S2. The predicted octanol–water partition coefficient (Wildman–Crippen LogP) is 4.25. The fourth-order valence-electron chi connectivity index (χ4n) is 2.30. The number of carbonyl (C=O) groups excluding carboxylic acids is 1. The van der Waals surface area contributed by atoms with Crippen molar-refractivity contribution < 1.29 is 9.53 Å². The van der Waals surface area contributed by atoms with Crippen LogP contribution in [0.3, 0.4) is 0 Å². The monoisotopic (exact) mass is 331 g/mol. The van der Waals surface area contributed by atoms with E-state index < -0.39 is 0 Å². The zero-order chi connectivity index (χ0) is 15.4. The van der Waals surface area contributed by atoms with Gasteiger partial charge >= 0.3 is 0 Å². The van der Waals surface area contributed by atoms with Crippen molar-refractivity contribution in [1.82, 2.24) is 4.90 Å². The number of carbonyl (C=O) groups is 1. The smallest absolute Gasteiger partial charge is 0.264 e. The molecule has 1 aromatic carbocycles. The Labute approximate surface area is 137 Å². The number of methoxy groups -OCH3 is 1. The molecule has 0 aliphatic carbocycles. The zero-order valence-electron chi connectivity index (χ0n) is 12.3. The van der Waals surface area contributed by atoms with E-state index in [4.69, 9.17) is 4.74 Å². The highest BCUT2D eigenvalue weighted by Crippen LogP contribution is 2.26. The number of amides is 1. The zero-order valence-corrected chi connectivity index (χ0v) is 14.0. The number of thiophene rings is 2. The van der Waals surface area contributed by atoms with Crippen molar-refractivity contribution in [2.45, 2.75) is 6.54 Å². The molecule has 0 saturated heterocycles. The third-order valence-electron chi connectivity index (χ3n) is 3.44. The van der Waals surface area contributed by atoms with Crippen molar-refractivity contribution in [2.75, 3.05) is 20.3 Å². The molecule has 0 bridgehead atoms. The predicted molar refractivity (Wildman–Crippen MR) is 92.8 cm³/mol. The largest absolute Gasteiger partial charge is 0.383 e. The second kappa shape index (κ2) is 7.05. The van der Waals surface area contributed by atoms with Gasteiger partial charge in [0.25, 0.3) is 5.91 Å². The van der Waals surface area contributed by atoms with Crippen LogP contribution < -0.4 is 0 Å². The first-order chi connectivity index (χ1) is 10.8. The molecule has 0 aliphatic rings. The normalized spacial score (nSPS) is 11.0. The van der Waals surface area contributed by atoms with Gasteiger partial charge in [-0.2, -0.15) is 11.3 Å². The van der Waals surface area contributed by atoms with Crippen molar-refractivity contribution in [3.8, 4) is 0 Å². The highest BCUT2D eigenvalue weighted by Gasteiger charge is 2.18. The molecular weight excluding hydrogens is 314 g/mol. The number of benzene rings is 1. The third kappa shape index (κ3) is 3.38. The fraction of sp³-hybridized carbons (Fsp3) is 0.235. The highest BCUT2D eigenvalue weighted by molar-refractivity contribution is 7.20. The average Bonchev–Trinajstić information content (AvgIpc) is 3.19. The standard InChI is InChI=1S/C17H17NO2S2/c1-20-8-7-18(11-13-6-9-21-12-13)17(19)16-10-14-4-2-3-5-15(14)22-16/h2-6,9-10,12H,7-8,11H2,1H3. The first-order valence-corrected chi connectivity index (χ1v) is 8.82. The molecule has 0 fully saturated rings. The lowest BCUT2D eigenvalue weighted by Gasteiger charge is -2.21. The first kappa shape index (κ1) is 15.2. The Kier molecular flexibility index (Phi) is 4.87. The molecule has 5 heteroatoms. The molecule has 2 heterocycles. The summed E-state index contributed by atoms with van der Waals surface area (Å²) in [6, 6.07) is 12.1. The molecule has 3 nitrogen and oxygen atoms in total. The van der Waals surface area contributed by atoms with E-state index in [2.05, 4.69) is 17.5 Å². The average molecular weight is 331 g/mol. The Hall–Kier alpha value is -1.69. The van der Waals surface area contributed by atoms with Gasteiger partial charge in [0.05, 0.1) is 11.5 Å². The molecule has 0 N–H and O–H groups in total. The lowest BCUT2D eigenvalue weighted by Crippen LogP contribution is -2.32. The summed E-state index contributed by atoms with van der Waals surface area (Å²) in [5.41, 5.74) is 1.16. The summed E-state index contributed by atoms with van der Waals surface area (Å²) >= 11 is 3.20. The van der Waals surface area contributed by atoms with Gasteiger partial charge in [-0.1, -0.05) is 18.2 Å². The van der Waals surface area contributed by atoms with Crippen LogP contribution in [0.25, 0.3) is 10.1 Å². The van der Waals surface area contributed by atoms with Crippen LogP contribution in [0.5, 0.6) is 0 Å². The van der Waals surface area contributed by atoms with Gasteiger partial charge in [-0.3, -0.25) is 4.79 Å². The summed E-state index contributed by atoms with van der Waals surface area (Å²) < 4.78 is 6.29. The van der Waals surface area contributed by atoms with E-state index in [0.29, 0.717) is 19.7 Å². The molecule has 22 heavy (non-hydrogen) atoms. The van der Waals surface area contributed by atoms with Gasteiger partial charge < -0.3 is 9.64 Å². The second-order valence-corrected chi connectivity index (χ2v) is 6.86. The van der Waals surface area contributed by atoms with Gasteiger partial charge in [-0.05, 0) is 39.9 Å². The summed E-state index contributed by atoms with van der Waals surface area (Å²) in [6.45, 7) is 1.76. The van der Waals surface area contributed by atoms with Crippen molar-refractivity contribution in [3.05, 3.63) is 57.6 Å². The highest BCUT2D eigenvalue weighted by atomic mass is 32.1. The van der Waals surface area contributed by atoms with Crippen molar-refractivity contribution >= 4 is 38.7 Å². The Bertz CT molecular complexity index is 716. The van der Waals surface area contributed by atoms with Gasteiger partial charge in [0.1, 0.15) is 0 Å². The van der Waals surface area contributed by atoms with Gasteiger partial charge in [-0.15, -0.1) is 11.3 Å². The van der Waals surface area contributed by atoms with Gasteiger partial charge in [0, 0.05) is 24.9 Å². The van der Waals surface area contributed by atoms with E-state index in [1.165, 1.54) is 0 Å². The number of rotatable bonds is 6. The Morgan fingerprint density at radius 3 is 2.86 bits per heavy atom. The summed E-state index contributed by atoms with van der Waals surface area (Å²) in [7, 11) is 1.66. The Balaban J connectivity index is 1.83. The summed E-state index contributed by atoms with van der Waals surface area (Å²) in [4.78, 5) is 15.5. The summed E-state index contributed by atoms with van der Waals surface area (Å²) in [5, 5.41) is 5.24. The first-order valence-electron chi connectivity index (χ1n) is 7.06. The van der Waals surface area contributed by atoms with E-state index >= 15 is 0 Å². The third-order valence-corrected chi connectivity index (χ3v) is 5.28. The molecule has 0 atom stereocenters. The molecule has 2 aromatic heterocycles. The van der Waals surface area contributed by atoms with Crippen LogP contribution in [0.2, 0.25) is 0 Å². The number of nitrogens with zero attached hydrogens (tertiary/aromatic N) is 1. The topological polar surface area (TPSA) is 29.5 Å². The minimum atomic E-state index is 0.0736. The van der Waals surface area contributed by atoms with Crippen molar-refractivity contribution in [2.24, 2.45) is 0 Å².